The van der Waals surface area contributed by atoms with E-state index in [0.717, 1.165) is 11.1 Å². The molecular weight excluding hydrogens is 485 g/mol. The molecule has 2 aliphatic rings. The highest BCUT2D eigenvalue weighted by molar-refractivity contribution is 6.33. The summed E-state index contributed by atoms with van der Waals surface area (Å²) in [4.78, 5) is 37.9. The topological polar surface area (TPSA) is 87.7 Å². The Labute approximate surface area is 223 Å². The Bertz CT molecular complexity index is 1310. The summed E-state index contributed by atoms with van der Waals surface area (Å²) >= 11 is 0. The first-order chi connectivity index (χ1) is 18.2. The van der Waals surface area contributed by atoms with Crippen LogP contribution in [0, 0.1) is 12.7 Å². The second-order valence-electron chi connectivity index (χ2n) is 9.03. The number of carbonyl (C=O) groups is 2. The number of carbonyl (C=O) groups excluding carboxylic acids is 2. The van der Waals surface area contributed by atoms with Crippen molar-refractivity contribution < 1.29 is 18.7 Å². The van der Waals surface area contributed by atoms with Crippen LogP contribution in [0.15, 0.2) is 53.4 Å². The van der Waals surface area contributed by atoms with Gasteiger partial charge in [-0.05, 0) is 68.7 Å². The lowest BCUT2D eigenvalue weighted by molar-refractivity contribution is -0.131. The molecule has 1 fully saturated rings. The van der Waals surface area contributed by atoms with Crippen molar-refractivity contribution in [3.63, 3.8) is 0 Å². The van der Waals surface area contributed by atoms with Crippen molar-refractivity contribution in [2.24, 2.45) is 0 Å². The van der Waals surface area contributed by atoms with Gasteiger partial charge >= 0.3 is 0 Å². The average Bonchev–Trinajstić information content (AvgIpc) is 3.17. The Morgan fingerprint density at radius 3 is 2.45 bits per heavy atom. The predicted octanol–water partition coefficient (Wildman–Crippen LogP) is 5.20. The Morgan fingerprint density at radius 1 is 1.11 bits per heavy atom. The fourth-order valence-electron chi connectivity index (χ4n) is 4.20. The van der Waals surface area contributed by atoms with Crippen LogP contribution in [-0.4, -0.2) is 60.0 Å². The lowest BCUT2D eigenvalue weighted by Gasteiger charge is -2.27. The van der Waals surface area contributed by atoms with Crippen LogP contribution in [0.2, 0.25) is 0 Å². The summed E-state index contributed by atoms with van der Waals surface area (Å²) in [5.41, 5.74) is 4.49. The molecule has 0 unspecified atom stereocenters. The molecule has 4 rings (SSSR count). The number of halogens is 1. The van der Waals surface area contributed by atoms with E-state index in [1.54, 1.807) is 44.0 Å². The number of aryl methyl sites for hydroxylation is 1. The smallest absolute Gasteiger partial charge is 0.260 e. The minimum absolute atomic E-state index is 0.0189. The maximum Gasteiger partial charge on any atom is 0.260 e. The number of benzene rings is 1. The fraction of sp³-hybridized carbons (Fsp3) is 0.379. The van der Waals surface area contributed by atoms with Crippen LogP contribution in [-0.2, 0) is 14.3 Å². The van der Waals surface area contributed by atoms with Gasteiger partial charge in [-0.25, -0.2) is 14.4 Å². The predicted molar refractivity (Wildman–Crippen MR) is 149 cm³/mol. The van der Waals surface area contributed by atoms with E-state index in [1.165, 1.54) is 17.3 Å². The Kier molecular flexibility index (Phi) is 9.52. The molecule has 1 N–H and O–H groups in total. The highest BCUT2D eigenvalue weighted by atomic mass is 19.1. The van der Waals surface area contributed by atoms with Gasteiger partial charge in [0.1, 0.15) is 23.8 Å². The molecule has 1 aromatic heterocycles. The number of allylic oxidation sites excluding steroid dienone is 4. The molecule has 0 bridgehead atoms. The van der Waals surface area contributed by atoms with Gasteiger partial charge in [0, 0.05) is 31.4 Å². The SMILES string of the molecule is CC.C\C(=C/C(C)=C(C)/C=C1\C(=O)N(C)c2ncnc(Nc3ccc(F)c(C)c3)c21)C(=O)N1CCOCC1. The van der Waals surface area contributed by atoms with Crippen molar-refractivity contribution in [3.05, 3.63) is 70.3 Å². The zero-order valence-corrected chi connectivity index (χ0v) is 23.2. The third-order valence-corrected chi connectivity index (χ3v) is 6.42. The van der Waals surface area contributed by atoms with Crippen LogP contribution in [0.5, 0.6) is 0 Å². The van der Waals surface area contributed by atoms with E-state index in [2.05, 4.69) is 15.3 Å². The summed E-state index contributed by atoms with van der Waals surface area (Å²) in [5.74, 6) is 0.420. The van der Waals surface area contributed by atoms with Crippen molar-refractivity contribution in [3.8, 4) is 0 Å². The summed E-state index contributed by atoms with van der Waals surface area (Å²) in [7, 11) is 1.66. The zero-order chi connectivity index (χ0) is 28.0. The third-order valence-electron chi connectivity index (χ3n) is 6.42. The third kappa shape index (κ3) is 6.16. The molecule has 0 saturated carbocycles. The molecule has 9 heteroatoms. The number of anilines is 3. The molecule has 2 amide bonds. The van der Waals surface area contributed by atoms with E-state index < -0.39 is 0 Å². The van der Waals surface area contributed by atoms with Crippen molar-refractivity contribution in [1.29, 1.82) is 0 Å². The number of rotatable bonds is 5. The Balaban J connectivity index is 0.00000195. The lowest BCUT2D eigenvalue weighted by Crippen LogP contribution is -2.41. The van der Waals surface area contributed by atoms with Gasteiger partial charge < -0.3 is 15.0 Å². The normalized spacial score (nSPS) is 17.1. The van der Waals surface area contributed by atoms with Gasteiger partial charge in [0.05, 0.1) is 24.4 Å². The zero-order valence-electron chi connectivity index (χ0n) is 23.2. The number of ether oxygens (including phenoxy) is 1. The number of nitrogens with zero attached hydrogens (tertiary/aromatic N) is 4. The van der Waals surface area contributed by atoms with Gasteiger partial charge in [-0.15, -0.1) is 0 Å². The molecule has 0 aliphatic carbocycles. The number of fused-ring (bicyclic) bond motifs is 1. The number of hydrogen-bond acceptors (Lipinski definition) is 6. The molecule has 2 aliphatic heterocycles. The molecule has 0 atom stereocenters. The van der Waals surface area contributed by atoms with E-state index >= 15 is 0 Å². The van der Waals surface area contributed by atoms with E-state index in [4.69, 9.17) is 4.74 Å². The van der Waals surface area contributed by atoms with Crippen LogP contribution in [0.1, 0.15) is 45.7 Å². The van der Waals surface area contributed by atoms with Crippen LogP contribution >= 0.6 is 0 Å². The standard InChI is InChI=1S/C27H30FN5O3.C2H6/c1-16(12-19(4)26(34)33-8-10-36-11-9-33)17(2)14-21-23-24(29-15-30-25(23)32(5)27(21)35)31-20-6-7-22(28)18(3)13-20;1-2/h6-7,12-15H,8-11H2,1-5H3,(H,29,30,31);1-2H3/b17-16+,19-12+,21-14-;. The molecule has 0 spiro atoms. The molecular formula is C29H36FN5O3. The highest BCUT2D eigenvalue weighted by Crippen LogP contribution is 2.39. The summed E-state index contributed by atoms with van der Waals surface area (Å²) in [6, 6.07) is 4.69. The van der Waals surface area contributed by atoms with Crippen molar-refractivity contribution >= 4 is 34.7 Å². The van der Waals surface area contributed by atoms with Gasteiger partial charge in [0.15, 0.2) is 0 Å². The second-order valence-corrected chi connectivity index (χ2v) is 9.03. The number of morpholine rings is 1. The first-order valence-corrected chi connectivity index (χ1v) is 12.8. The summed E-state index contributed by atoms with van der Waals surface area (Å²) in [5, 5.41) is 3.20. The van der Waals surface area contributed by atoms with Crippen molar-refractivity contribution in [2.45, 2.75) is 41.5 Å². The van der Waals surface area contributed by atoms with Gasteiger partial charge in [-0.3, -0.25) is 14.5 Å². The van der Waals surface area contributed by atoms with E-state index in [0.29, 0.717) is 65.9 Å². The number of likely N-dealkylation sites (N-methyl/N-ethyl adjacent to an activating group) is 1. The number of hydrogen-bond donors (Lipinski definition) is 1. The van der Waals surface area contributed by atoms with Gasteiger partial charge in [0.25, 0.3) is 5.91 Å². The quantitative estimate of drug-likeness (QED) is 0.430. The van der Waals surface area contributed by atoms with E-state index in [-0.39, 0.29) is 17.6 Å². The summed E-state index contributed by atoms with van der Waals surface area (Å²) < 4.78 is 19.1. The largest absolute Gasteiger partial charge is 0.378 e. The molecule has 0 radical (unpaired) electrons. The first kappa shape index (κ1) is 28.7. The fourth-order valence-corrected chi connectivity index (χ4v) is 4.20. The maximum absolute atomic E-state index is 13.7. The van der Waals surface area contributed by atoms with Gasteiger partial charge in [-0.2, -0.15) is 0 Å². The van der Waals surface area contributed by atoms with Crippen molar-refractivity contribution in [2.75, 3.05) is 43.6 Å². The summed E-state index contributed by atoms with van der Waals surface area (Å²) in [6.07, 6.45) is 5.03. The molecule has 2 aromatic rings. The maximum atomic E-state index is 13.7. The minimum Gasteiger partial charge on any atom is -0.378 e. The second kappa shape index (κ2) is 12.6. The molecule has 202 valence electrons. The molecule has 1 saturated heterocycles. The van der Waals surface area contributed by atoms with E-state index in [1.807, 2.05) is 33.8 Å². The molecule has 3 heterocycles. The first-order valence-electron chi connectivity index (χ1n) is 12.8. The highest BCUT2D eigenvalue weighted by Gasteiger charge is 2.34. The molecule has 38 heavy (non-hydrogen) atoms. The van der Waals surface area contributed by atoms with Gasteiger partial charge in [-0.1, -0.05) is 19.9 Å². The monoisotopic (exact) mass is 521 g/mol. The van der Waals surface area contributed by atoms with Crippen LogP contribution in [0.4, 0.5) is 21.7 Å². The van der Waals surface area contributed by atoms with Crippen LogP contribution < -0.4 is 10.2 Å². The number of amides is 2. The van der Waals surface area contributed by atoms with Crippen LogP contribution in [0.3, 0.4) is 0 Å². The van der Waals surface area contributed by atoms with E-state index in [9.17, 15) is 14.0 Å². The van der Waals surface area contributed by atoms with Gasteiger partial charge in [0.2, 0.25) is 5.91 Å². The Hall–Kier alpha value is -3.85. The van der Waals surface area contributed by atoms with Crippen LogP contribution in [0.25, 0.3) is 5.57 Å². The molecule has 1 aromatic carbocycles. The lowest BCUT2D eigenvalue weighted by atomic mass is 10.0. The van der Waals surface area contributed by atoms with Crippen molar-refractivity contribution in [1.82, 2.24) is 14.9 Å². The Morgan fingerprint density at radius 2 is 1.79 bits per heavy atom. The summed E-state index contributed by atoms with van der Waals surface area (Å²) in [6.45, 7) is 13.5. The average molecular weight is 522 g/mol. The molecule has 8 nitrogen and oxygen atoms in total. The minimum atomic E-state index is -0.296. The number of aromatic nitrogens is 2. The number of nitrogens with one attached hydrogen (secondary N) is 1.